The van der Waals surface area contributed by atoms with Crippen LogP contribution in [0.2, 0.25) is 0 Å². The van der Waals surface area contributed by atoms with E-state index in [4.69, 9.17) is 0 Å². The van der Waals surface area contributed by atoms with Gasteiger partial charge in [0.1, 0.15) is 0 Å². The van der Waals surface area contributed by atoms with Gasteiger partial charge in [0.2, 0.25) is 11.8 Å². The highest BCUT2D eigenvalue weighted by Crippen LogP contribution is 2.52. The van der Waals surface area contributed by atoms with E-state index in [2.05, 4.69) is 26.0 Å². The van der Waals surface area contributed by atoms with Crippen molar-refractivity contribution in [2.45, 2.75) is 110 Å². The van der Waals surface area contributed by atoms with Gasteiger partial charge in [-0.15, -0.1) is 0 Å². The van der Waals surface area contributed by atoms with E-state index in [-0.39, 0.29) is 29.7 Å². The van der Waals surface area contributed by atoms with Crippen LogP contribution in [0.4, 0.5) is 0 Å². The SMILES string of the molecule is CCCCCCCCCCCCCCC(C)N1C(=O)C2C3C=CC(C3)C2C1=O. The third-order valence-corrected chi connectivity index (χ3v) is 7.42. The second-order valence-electron chi connectivity index (χ2n) is 9.57. The molecule has 3 aliphatic rings. The largest absolute Gasteiger partial charge is 0.279 e. The Kier molecular flexibility index (Phi) is 8.17. The number of imide groups is 1. The maximum atomic E-state index is 12.8. The van der Waals surface area contributed by atoms with Crippen LogP contribution in [0.5, 0.6) is 0 Å². The quantitative estimate of drug-likeness (QED) is 0.200. The molecule has 0 aromatic carbocycles. The van der Waals surface area contributed by atoms with Crippen molar-refractivity contribution in [3.8, 4) is 0 Å². The third-order valence-electron chi connectivity index (χ3n) is 7.42. The lowest BCUT2D eigenvalue weighted by Crippen LogP contribution is -2.40. The molecule has 3 heteroatoms. The Morgan fingerprint density at radius 2 is 1.21 bits per heavy atom. The van der Waals surface area contributed by atoms with Gasteiger partial charge in [-0.05, 0) is 31.6 Å². The Morgan fingerprint density at radius 1 is 0.786 bits per heavy atom. The maximum Gasteiger partial charge on any atom is 0.233 e. The average Bonchev–Trinajstić information content (AvgIpc) is 3.36. The molecule has 0 aromatic rings. The van der Waals surface area contributed by atoms with E-state index in [1.807, 2.05) is 0 Å². The minimum Gasteiger partial charge on any atom is -0.279 e. The van der Waals surface area contributed by atoms with Gasteiger partial charge < -0.3 is 0 Å². The number of unbranched alkanes of at least 4 members (excludes halogenated alkanes) is 11. The van der Waals surface area contributed by atoms with Gasteiger partial charge in [0, 0.05) is 6.04 Å². The summed E-state index contributed by atoms with van der Waals surface area (Å²) in [4.78, 5) is 27.3. The second-order valence-corrected chi connectivity index (χ2v) is 9.57. The molecule has 3 nitrogen and oxygen atoms in total. The monoisotopic (exact) mass is 387 g/mol. The Balaban J connectivity index is 1.23. The molecule has 0 aromatic heterocycles. The fourth-order valence-electron chi connectivity index (χ4n) is 5.77. The molecule has 2 fully saturated rings. The van der Waals surface area contributed by atoms with Crippen LogP contribution in [-0.4, -0.2) is 22.8 Å². The van der Waals surface area contributed by atoms with Crippen molar-refractivity contribution in [2.24, 2.45) is 23.7 Å². The predicted octanol–water partition coefficient (Wildman–Crippen LogP) is 6.27. The minimum absolute atomic E-state index is 0.0353. The fourth-order valence-corrected chi connectivity index (χ4v) is 5.77. The standard InChI is InChI=1S/C25H41NO2/c1-3-4-5-6-7-8-9-10-11-12-13-14-15-19(2)26-24(27)22-20-16-17-21(18-20)23(22)25(26)28/h16-17,19-23H,3-15,18H2,1-2H3. The van der Waals surface area contributed by atoms with Crippen molar-refractivity contribution in [1.82, 2.24) is 4.90 Å². The Bertz CT molecular complexity index is 525. The first-order valence-electron chi connectivity index (χ1n) is 12.2. The molecule has 2 bridgehead atoms. The summed E-state index contributed by atoms with van der Waals surface area (Å²) in [6.07, 6.45) is 22.5. The molecule has 28 heavy (non-hydrogen) atoms. The normalized spacial score (nSPS) is 29.1. The molecule has 2 amide bonds. The number of allylic oxidation sites excluding steroid dienone is 2. The fraction of sp³-hybridized carbons (Fsp3) is 0.840. The summed E-state index contributed by atoms with van der Waals surface area (Å²) in [6.45, 7) is 4.35. The zero-order valence-electron chi connectivity index (χ0n) is 18.2. The number of fused-ring (bicyclic) bond motifs is 5. The highest BCUT2D eigenvalue weighted by Gasteiger charge is 2.59. The number of amides is 2. The minimum atomic E-state index is -0.0353. The van der Waals surface area contributed by atoms with Crippen LogP contribution in [-0.2, 0) is 9.59 Å². The molecule has 1 aliphatic heterocycles. The molecule has 5 atom stereocenters. The smallest absolute Gasteiger partial charge is 0.233 e. The molecule has 0 spiro atoms. The molecular formula is C25H41NO2. The van der Waals surface area contributed by atoms with Crippen LogP contribution < -0.4 is 0 Å². The van der Waals surface area contributed by atoms with Crippen LogP contribution in [0.3, 0.4) is 0 Å². The van der Waals surface area contributed by atoms with Crippen LogP contribution >= 0.6 is 0 Å². The Labute approximate surface area is 172 Å². The van der Waals surface area contributed by atoms with Crippen LogP contribution in [0.25, 0.3) is 0 Å². The molecule has 1 saturated heterocycles. The molecule has 2 aliphatic carbocycles. The first-order chi connectivity index (χ1) is 13.6. The highest BCUT2D eigenvalue weighted by atomic mass is 16.2. The molecule has 0 N–H and O–H groups in total. The van der Waals surface area contributed by atoms with Crippen molar-refractivity contribution in [1.29, 1.82) is 0 Å². The lowest BCUT2D eigenvalue weighted by Gasteiger charge is -2.24. The lowest BCUT2D eigenvalue weighted by molar-refractivity contribution is -0.143. The summed E-state index contributed by atoms with van der Waals surface area (Å²) in [5, 5.41) is 0. The molecule has 1 saturated carbocycles. The first kappa shape index (κ1) is 21.6. The van der Waals surface area contributed by atoms with Crippen LogP contribution in [0.15, 0.2) is 12.2 Å². The van der Waals surface area contributed by atoms with Crippen LogP contribution in [0.1, 0.15) is 104 Å². The molecule has 1 heterocycles. The van der Waals surface area contributed by atoms with E-state index < -0.39 is 0 Å². The van der Waals surface area contributed by atoms with E-state index in [0.717, 1.165) is 19.3 Å². The van der Waals surface area contributed by atoms with Crippen LogP contribution in [0, 0.1) is 23.7 Å². The molecular weight excluding hydrogens is 346 g/mol. The topological polar surface area (TPSA) is 37.4 Å². The summed E-state index contributed by atoms with van der Waals surface area (Å²) in [7, 11) is 0. The van der Waals surface area contributed by atoms with Crippen molar-refractivity contribution >= 4 is 11.8 Å². The molecule has 0 radical (unpaired) electrons. The second kappa shape index (κ2) is 10.6. The van der Waals surface area contributed by atoms with Gasteiger partial charge in [-0.25, -0.2) is 0 Å². The number of rotatable bonds is 14. The average molecular weight is 388 g/mol. The molecule has 5 unspecified atom stereocenters. The number of carbonyl (C=O) groups is 2. The van der Waals surface area contributed by atoms with Gasteiger partial charge in [-0.2, -0.15) is 0 Å². The van der Waals surface area contributed by atoms with E-state index in [1.54, 1.807) is 4.90 Å². The third kappa shape index (κ3) is 4.89. The molecule has 158 valence electrons. The van der Waals surface area contributed by atoms with Gasteiger partial charge in [0.15, 0.2) is 0 Å². The number of hydrogen-bond donors (Lipinski definition) is 0. The highest BCUT2D eigenvalue weighted by molar-refractivity contribution is 6.06. The van der Waals surface area contributed by atoms with Gasteiger partial charge >= 0.3 is 0 Å². The zero-order valence-corrected chi connectivity index (χ0v) is 18.2. The van der Waals surface area contributed by atoms with Crippen molar-refractivity contribution in [3.05, 3.63) is 12.2 Å². The van der Waals surface area contributed by atoms with E-state index in [9.17, 15) is 9.59 Å². The summed E-state index contributed by atoms with van der Waals surface area (Å²) in [5.41, 5.74) is 0. The predicted molar refractivity (Wildman–Crippen MR) is 115 cm³/mol. The van der Waals surface area contributed by atoms with E-state index in [0.29, 0.717) is 11.8 Å². The summed E-state index contributed by atoms with van der Waals surface area (Å²) < 4.78 is 0. The summed E-state index contributed by atoms with van der Waals surface area (Å²) >= 11 is 0. The number of likely N-dealkylation sites (tertiary alicyclic amines) is 1. The Morgan fingerprint density at radius 3 is 1.68 bits per heavy atom. The number of nitrogens with zero attached hydrogens (tertiary/aromatic N) is 1. The lowest BCUT2D eigenvalue weighted by atomic mass is 9.85. The van der Waals surface area contributed by atoms with E-state index >= 15 is 0 Å². The number of hydrogen-bond acceptors (Lipinski definition) is 2. The number of carbonyl (C=O) groups excluding carboxylic acids is 2. The van der Waals surface area contributed by atoms with Crippen molar-refractivity contribution in [2.75, 3.05) is 0 Å². The van der Waals surface area contributed by atoms with E-state index in [1.165, 1.54) is 70.6 Å². The maximum absolute atomic E-state index is 12.8. The van der Waals surface area contributed by atoms with Gasteiger partial charge in [-0.1, -0.05) is 96.1 Å². The molecule has 3 rings (SSSR count). The van der Waals surface area contributed by atoms with Crippen molar-refractivity contribution < 1.29 is 9.59 Å². The van der Waals surface area contributed by atoms with Gasteiger partial charge in [0.25, 0.3) is 0 Å². The van der Waals surface area contributed by atoms with Gasteiger partial charge in [0.05, 0.1) is 11.8 Å². The Hall–Kier alpha value is -1.12. The summed E-state index contributed by atoms with van der Waals surface area (Å²) in [5.74, 6) is 0.834. The zero-order chi connectivity index (χ0) is 19.9. The van der Waals surface area contributed by atoms with Gasteiger partial charge in [-0.3, -0.25) is 14.5 Å². The van der Waals surface area contributed by atoms with Crippen molar-refractivity contribution in [3.63, 3.8) is 0 Å². The summed E-state index contributed by atoms with van der Waals surface area (Å²) in [6, 6.07) is 0.0770. The first-order valence-corrected chi connectivity index (χ1v) is 12.2.